The first-order valence-corrected chi connectivity index (χ1v) is 10.8. The predicted molar refractivity (Wildman–Crippen MR) is 119 cm³/mol. The highest BCUT2D eigenvalue weighted by Gasteiger charge is 2.38. The maximum Gasteiger partial charge on any atom is 0.490 e. The molecule has 0 radical (unpaired) electrons. The number of phenolic OH excluding ortho intramolecular Hbond substituents is 1. The van der Waals surface area contributed by atoms with Crippen LogP contribution in [0.1, 0.15) is 35.2 Å². The van der Waals surface area contributed by atoms with Crippen LogP contribution in [0.15, 0.2) is 42.5 Å². The van der Waals surface area contributed by atoms with Gasteiger partial charge in [-0.2, -0.15) is 13.2 Å². The molecule has 1 atom stereocenters. The second-order valence-corrected chi connectivity index (χ2v) is 8.28. The number of carboxylic acid groups (broad SMARTS) is 1. The number of halogens is 5. The summed E-state index contributed by atoms with van der Waals surface area (Å²) in [5, 5.41) is 21.0. The van der Waals surface area contributed by atoms with E-state index in [2.05, 4.69) is 10.2 Å². The Morgan fingerprint density at radius 3 is 2.36 bits per heavy atom. The third-order valence-corrected chi connectivity index (χ3v) is 5.64. The maximum atomic E-state index is 12.5. The Hall–Kier alpha value is -2.49. The zero-order valence-electron chi connectivity index (χ0n) is 17.4. The van der Waals surface area contributed by atoms with Gasteiger partial charge in [-0.05, 0) is 43.7 Å². The third kappa shape index (κ3) is 8.75. The molecule has 0 bridgehead atoms. The van der Waals surface area contributed by atoms with Gasteiger partial charge in [-0.1, -0.05) is 47.8 Å². The number of aromatic hydroxyl groups is 1. The lowest BCUT2D eigenvalue weighted by Gasteiger charge is -2.25. The van der Waals surface area contributed by atoms with Crippen LogP contribution in [0.4, 0.5) is 13.2 Å². The lowest BCUT2D eigenvalue weighted by atomic mass is 10.1. The average Bonchev–Trinajstić information content (AvgIpc) is 2.96. The number of nitrogens with zero attached hydrogens (tertiary/aromatic N) is 1. The molecular formula is C22H23Cl2F3N2O4. The van der Waals surface area contributed by atoms with Gasteiger partial charge in [-0.25, -0.2) is 4.79 Å². The number of amides is 1. The first-order valence-electron chi connectivity index (χ1n) is 10.0. The van der Waals surface area contributed by atoms with Gasteiger partial charge in [0.15, 0.2) is 0 Å². The molecule has 1 unspecified atom stereocenters. The molecule has 0 aliphatic carbocycles. The molecule has 11 heteroatoms. The number of hydrogen-bond donors (Lipinski definition) is 3. The average molecular weight is 507 g/mol. The van der Waals surface area contributed by atoms with Gasteiger partial charge >= 0.3 is 12.1 Å². The minimum Gasteiger partial charge on any atom is -0.508 e. The van der Waals surface area contributed by atoms with Gasteiger partial charge in [0.25, 0.3) is 5.91 Å². The van der Waals surface area contributed by atoms with E-state index in [1.165, 1.54) is 0 Å². The molecule has 1 fully saturated rings. The van der Waals surface area contributed by atoms with Crippen LogP contribution >= 0.6 is 23.2 Å². The second kappa shape index (κ2) is 12.1. The van der Waals surface area contributed by atoms with E-state index in [1.807, 2.05) is 18.2 Å². The fraction of sp³-hybridized carbons (Fsp3) is 0.364. The number of alkyl halides is 3. The van der Waals surface area contributed by atoms with Gasteiger partial charge < -0.3 is 15.5 Å². The van der Waals surface area contributed by atoms with Crippen LogP contribution in [0.25, 0.3) is 0 Å². The molecule has 1 heterocycles. The molecule has 3 rings (SSSR count). The molecule has 6 nitrogen and oxygen atoms in total. The van der Waals surface area contributed by atoms with Gasteiger partial charge in [0.05, 0.1) is 10.0 Å². The zero-order chi connectivity index (χ0) is 24.6. The largest absolute Gasteiger partial charge is 0.508 e. The van der Waals surface area contributed by atoms with Crippen molar-refractivity contribution in [3.05, 3.63) is 63.6 Å². The fourth-order valence-electron chi connectivity index (χ4n) is 3.27. The van der Waals surface area contributed by atoms with E-state index in [9.17, 15) is 23.1 Å². The maximum absolute atomic E-state index is 12.5. The Bertz CT molecular complexity index is 973. The molecular weight excluding hydrogens is 484 g/mol. The van der Waals surface area contributed by atoms with Crippen molar-refractivity contribution in [1.82, 2.24) is 10.2 Å². The Morgan fingerprint density at radius 1 is 1.09 bits per heavy atom. The van der Waals surface area contributed by atoms with E-state index in [4.69, 9.17) is 33.1 Å². The van der Waals surface area contributed by atoms with Crippen LogP contribution in [-0.4, -0.2) is 52.3 Å². The number of carboxylic acids is 1. The van der Waals surface area contributed by atoms with Gasteiger partial charge in [-0.3, -0.25) is 9.69 Å². The predicted octanol–water partition coefficient (Wildman–Crippen LogP) is 5.12. The van der Waals surface area contributed by atoms with E-state index in [-0.39, 0.29) is 11.9 Å². The minimum absolute atomic E-state index is 0.0605. The van der Waals surface area contributed by atoms with Crippen LogP contribution in [-0.2, 0) is 11.3 Å². The van der Waals surface area contributed by atoms with Crippen molar-refractivity contribution in [3.63, 3.8) is 0 Å². The Balaban J connectivity index is 0.000000479. The van der Waals surface area contributed by atoms with Crippen molar-refractivity contribution >= 4 is 35.1 Å². The van der Waals surface area contributed by atoms with Crippen molar-refractivity contribution in [2.45, 2.75) is 38.0 Å². The highest BCUT2D eigenvalue weighted by Crippen LogP contribution is 2.23. The number of benzene rings is 2. The molecule has 1 amide bonds. The smallest absolute Gasteiger partial charge is 0.490 e. The number of nitrogens with one attached hydrogen (secondary N) is 1. The van der Waals surface area contributed by atoms with E-state index in [0.717, 1.165) is 37.9 Å². The summed E-state index contributed by atoms with van der Waals surface area (Å²) in [5.74, 6) is -2.58. The highest BCUT2D eigenvalue weighted by molar-refractivity contribution is 6.42. The molecule has 180 valence electrons. The standard InChI is InChI=1S/C20H22Cl2N2O2.C2HF3O2/c21-17-9-8-14(11-18(17)22)20(26)23-16-6-3-4-10-24(13-16)12-15-5-1-2-7-19(15)25;3-2(4,5)1(6)7/h1-2,5,7-9,11,16,25H,3-4,6,10,12-13H2,(H,23,26);(H,6,7). The molecule has 0 saturated carbocycles. The lowest BCUT2D eigenvalue weighted by Crippen LogP contribution is -2.42. The summed E-state index contributed by atoms with van der Waals surface area (Å²) in [6.07, 6.45) is -2.01. The van der Waals surface area contributed by atoms with Crippen molar-refractivity contribution < 1.29 is 33.0 Å². The van der Waals surface area contributed by atoms with Gasteiger partial charge in [-0.15, -0.1) is 0 Å². The molecule has 1 aliphatic rings. The number of carbonyl (C=O) groups is 2. The summed E-state index contributed by atoms with van der Waals surface area (Å²) < 4.78 is 31.7. The summed E-state index contributed by atoms with van der Waals surface area (Å²) >= 11 is 11.9. The van der Waals surface area contributed by atoms with Gasteiger partial charge in [0, 0.05) is 30.3 Å². The number of rotatable bonds is 4. The van der Waals surface area contributed by atoms with Gasteiger partial charge in [0.1, 0.15) is 5.75 Å². The van der Waals surface area contributed by atoms with Crippen molar-refractivity contribution in [2.24, 2.45) is 0 Å². The first-order chi connectivity index (χ1) is 15.5. The normalized spacial score (nSPS) is 16.8. The van der Waals surface area contributed by atoms with Crippen LogP contribution in [0, 0.1) is 0 Å². The quantitative estimate of drug-likeness (QED) is 0.535. The van der Waals surface area contributed by atoms with Crippen molar-refractivity contribution in [3.8, 4) is 5.75 Å². The Kier molecular flexibility index (Phi) is 9.82. The molecule has 33 heavy (non-hydrogen) atoms. The van der Waals surface area contributed by atoms with Gasteiger partial charge in [0.2, 0.25) is 0 Å². The van der Waals surface area contributed by atoms with E-state index in [0.29, 0.717) is 27.9 Å². The van der Waals surface area contributed by atoms with Crippen LogP contribution in [0.2, 0.25) is 10.0 Å². The molecule has 0 aromatic heterocycles. The topological polar surface area (TPSA) is 89.9 Å². The van der Waals surface area contributed by atoms with Crippen LogP contribution in [0.3, 0.4) is 0 Å². The first kappa shape index (κ1) is 26.8. The summed E-state index contributed by atoms with van der Waals surface area (Å²) in [7, 11) is 0. The number of likely N-dealkylation sites (tertiary alicyclic amines) is 1. The number of aliphatic carboxylic acids is 1. The molecule has 0 spiro atoms. The highest BCUT2D eigenvalue weighted by atomic mass is 35.5. The Morgan fingerprint density at radius 2 is 1.76 bits per heavy atom. The fourth-order valence-corrected chi connectivity index (χ4v) is 3.57. The summed E-state index contributed by atoms with van der Waals surface area (Å²) in [6, 6.07) is 12.4. The SMILES string of the molecule is O=C(NC1CCCCN(Cc2ccccc2O)C1)c1ccc(Cl)c(Cl)c1.O=C(O)C(F)(F)F. The van der Waals surface area contributed by atoms with Crippen molar-refractivity contribution in [1.29, 1.82) is 0 Å². The van der Waals surface area contributed by atoms with E-state index in [1.54, 1.807) is 24.3 Å². The summed E-state index contributed by atoms with van der Waals surface area (Å²) in [6.45, 7) is 2.38. The molecule has 3 N–H and O–H groups in total. The van der Waals surface area contributed by atoms with Crippen molar-refractivity contribution in [2.75, 3.05) is 13.1 Å². The lowest BCUT2D eigenvalue weighted by molar-refractivity contribution is -0.192. The Labute approximate surface area is 198 Å². The molecule has 2 aromatic rings. The summed E-state index contributed by atoms with van der Waals surface area (Å²) in [5.41, 5.74) is 1.42. The number of carbonyl (C=O) groups excluding carboxylic acids is 1. The number of phenols is 1. The molecule has 1 aliphatic heterocycles. The monoisotopic (exact) mass is 506 g/mol. The second-order valence-electron chi connectivity index (χ2n) is 7.46. The molecule has 1 saturated heterocycles. The summed E-state index contributed by atoms with van der Waals surface area (Å²) in [4.78, 5) is 23.7. The molecule has 2 aromatic carbocycles. The third-order valence-electron chi connectivity index (χ3n) is 4.90. The zero-order valence-corrected chi connectivity index (χ0v) is 18.9. The van der Waals surface area contributed by atoms with Crippen LogP contribution in [0.5, 0.6) is 5.75 Å². The van der Waals surface area contributed by atoms with E-state index < -0.39 is 12.1 Å². The number of hydrogen-bond acceptors (Lipinski definition) is 4. The van der Waals surface area contributed by atoms with Crippen LogP contribution < -0.4 is 5.32 Å². The number of para-hydroxylation sites is 1. The minimum atomic E-state index is -5.08. The van der Waals surface area contributed by atoms with E-state index >= 15 is 0 Å².